The zero-order chi connectivity index (χ0) is 19.4. The molecule has 142 valence electrons. The van der Waals surface area contributed by atoms with Crippen molar-refractivity contribution in [1.82, 2.24) is 0 Å². The summed E-state index contributed by atoms with van der Waals surface area (Å²) in [5.41, 5.74) is 2.42. The van der Waals surface area contributed by atoms with Crippen LogP contribution in [0.2, 0.25) is 0 Å². The molecule has 2 aromatic rings. The number of carbonyl (C=O) groups is 1. The molecule has 1 heterocycles. The van der Waals surface area contributed by atoms with E-state index >= 15 is 0 Å². The van der Waals surface area contributed by atoms with E-state index in [9.17, 15) is 14.9 Å². The van der Waals surface area contributed by atoms with Gasteiger partial charge in [-0.15, -0.1) is 0 Å². The Kier molecular flexibility index (Phi) is 5.59. The van der Waals surface area contributed by atoms with Gasteiger partial charge in [-0.05, 0) is 43.5 Å². The first-order chi connectivity index (χ1) is 13.0. The fraction of sp³-hybridized carbons (Fsp3) is 0.350. The number of nitrogens with one attached hydrogen (secondary N) is 1. The van der Waals surface area contributed by atoms with Gasteiger partial charge in [0.05, 0.1) is 17.7 Å². The van der Waals surface area contributed by atoms with Crippen LogP contribution in [0.25, 0.3) is 0 Å². The van der Waals surface area contributed by atoms with Gasteiger partial charge in [-0.2, -0.15) is 0 Å². The summed E-state index contributed by atoms with van der Waals surface area (Å²) in [6.07, 6.45) is 1.29. The highest BCUT2D eigenvalue weighted by molar-refractivity contribution is 5.94. The molecule has 0 bridgehead atoms. The third-order valence-corrected chi connectivity index (χ3v) is 4.90. The SMILES string of the molecule is COc1ccc(C)cc1NC(=O)C1CCN(c2ccccc2[N+](=O)[O-])CC1. The molecule has 1 fully saturated rings. The molecule has 0 unspecified atom stereocenters. The van der Waals surface area contributed by atoms with Gasteiger partial charge < -0.3 is 15.0 Å². The zero-order valence-electron chi connectivity index (χ0n) is 15.5. The second-order valence-electron chi connectivity index (χ2n) is 6.70. The number of carbonyl (C=O) groups excluding carboxylic acids is 1. The molecular formula is C20H23N3O4. The lowest BCUT2D eigenvalue weighted by atomic mass is 9.95. The highest BCUT2D eigenvalue weighted by atomic mass is 16.6. The molecule has 0 aliphatic carbocycles. The first kappa shape index (κ1) is 18.7. The number of anilines is 2. The van der Waals surface area contributed by atoms with Crippen molar-refractivity contribution >= 4 is 23.0 Å². The van der Waals surface area contributed by atoms with E-state index in [-0.39, 0.29) is 22.4 Å². The largest absolute Gasteiger partial charge is 0.495 e. The van der Waals surface area contributed by atoms with Crippen LogP contribution < -0.4 is 15.0 Å². The number of hydrogen-bond acceptors (Lipinski definition) is 5. The van der Waals surface area contributed by atoms with Gasteiger partial charge in [-0.1, -0.05) is 18.2 Å². The summed E-state index contributed by atoms with van der Waals surface area (Å²) >= 11 is 0. The van der Waals surface area contributed by atoms with Crippen molar-refractivity contribution in [3.63, 3.8) is 0 Å². The van der Waals surface area contributed by atoms with Crippen LogP contribution in [0.4, 0.5) is 17.1 Å². The number of amides is 1. The summed E-state index contributed by atoms with van der Waals surface area (Å²) in [6.45, 7) is 3.17. The van der Waals surface area contributed by atoms with Gasteiger partial charge in [0.25, 0.3) is 5.69 Å². The first-order valence-corrected chi connectivity index (χ1v) is 8.93. The van der Waals surface area contributed by atoms with Gasteiger partial charge in [0.15, 0.2) is 0 Å². The maximum atomic E-state index is 12.7. The maximum absolute atomic E-state index is 12.7. The monoisotopic (exact) mass is 369 g/mol. The van der Waals surface area contributed by atoms with Crippen LogP contribution in [0.1, 0.15) is 18.4 Å². The van der Waals surface area contributed by atoms with E-state index in [1.807, 2.05) is 30.0 Å². The van der Waals surface area contributed by atoms with Crippen molar-refractivity contribution in [3.8, 4) is 5.75 Å². The van der Waals surface area contributed by atoms with Crippen molar-refractivity contribution in [2.75, 3.05) is 30.4 Å². The standard InChI is InChI=1S/C20H23N3O4/c1-14-7-8-19(27-2)16(13-14)21-20(24)15-9-11-22(12-10-15)17-5-3-4-6-18(17)23(25)26/h3-8,13,15H,9-12H2,1-2H3,(H,21,24). The molecule has 0 saturated carbocycles. The van der Waals surface area contributed by atoms with Crippen molar-refractivity contribution in [3.05, 3.63) is 58.1 Å². The number of nitro groups is 1. The van der Waals surface area contributed by atoms with Crippen LogP contribution in [-0.4, -0.2) is 31.0 Å². The maximum Gasteiger partial charge on any atom is 0.292 e. The lowest BCUT2D eigenvalue weighted by molar-refractivity contribution is -0.384. The number of nitro benzene ring substituents is 1. The lowest BCUT2D eigenvalue weighted by Crippen LogP contribution is -2.38. The van der Waals surface area contributed by atoms with Crippen molar-refractivity contribution in [2.45, 2.75) is 19.8 Å². The van der Waals surface area contributed by atoms with Crippen LogP contribution in [0.15, 0.2) is 42.5 Å². The molecule has 7 heteroatoms. The Morgan fingerprint density at radius 3 is 2.59 bits per heavy atom. The number of aryl methyl sites for hydroxylation is 1. The van der Waals surface area contributed by atoms with Crippen LogP contribution in [0.3, 0.4) is 0 Å². The van der Waals surface area contributed by atoms with Crippen LogP contribution in [-0.2, 0) is 4.79 Å². The van der Waals surface area contributed by atoms with E-state index in [1.54, 1.807) is 25.3 Å². The molecule has 0 spiro atoms. The van der Waals surface area contributed by atoms with Crippen molar-refractivity contribution in [2.24, 2.45) is 5.92 Å². The summed E-state index contributed by atoms with van der Waals surface area (Å²) in [5, 5.41) is 14.2. The third-order valence-electron chi connectivity index (χ3n) is 4.90. The molecule has 1 aliphatic heterocycles. The quantitative estimate of drug-likeness (QED) is 0.641. The van der Waals surface area contributed by atoms with Gasteiger partial charge >= 0.3 is 0 Å². The number of nitrogens with zero attached hydrogens (tertiary/aromatic N) is 2. The van der Waals surface area contributed by atoms with Gasteiger partial charge in [0.1, 0.15) is 11.4 Å². The predicted molar refractivity (Wildman–Crippen MR) is 104 cm³/mol. The summed E-state index contributed by atoms with van der Waals surface area (Å²) < 4.78 is 5.31. The van der Waals surface area contributed by atoms with E-state index in [2.05, 4.69) is 5.32 Å². The van der Waals surface area contributed by atoms with Crippen molar-refractivity contribution in [1.29, 1.82) is 0 Å². The second kappa shape index (κ2) is 8.07. The smallest absolute Gasteiger partial charge is 0.292 e. The minimum absolute atomic E-state index is 0.0406. The van der Waals surface area contributed by atoms with E-state index in [0.29, 0.717) is 43.1 Å². The Bertz CT molecular complexity index is 845. The van der Waals surface area contributed by atoms with E-state index < -0.39 is 0 Å². The topological polar surface area (TPSA) is 84.7 Å². The molecular weight excluding hydrogens is 346 g/mol. The number of para-hydroxylation sites is 2. The average Bonchev–Trinajstić information content (AvgIpc) is 2.68. The number of benzene rings is 2. The highest BCUT2D eigenvalue weighted by Gasteiger charge is 2.28. The molecule has 1 saturated heterocycles. The van der Waals surface area contributed by atoms with E-state index in [4.69, 9.17) is 4.74 Å². The minimum atomic E-state index is -0.363. The van der Waals surface area contributed by atoms with Gasteiger partial charge in [-0.3, -0.25) is 14.9 Å². The molecule has 7 nitrogen and oxygen atoms in total. The summed E-state index contributed by atoms with van der Waals surface area (Å²) in [6, 6.07) is 12.4. The Morgan fingerprint density at radius 1 is 1.22 bits per heavy atom. The fourth-order valence-corrected chi connectivity index (χ4v) is 3.42. The van der Waals surface area contributed by atoms with Gasteiger partial charge in [-0.25, -0.2) is 0 Å². The van der Waals surface area contributed by atoms with E-state index in [1.165, 1.54) is 6.07 Å². The Morgan fingerprint density at radius 2 is 1.93 bits per heavy atom. The summed E-state index contributed by atoms with van der Waals surface area (Å²) in [7, 11) is 1.57. The van der Waals surface area contributed by atoms with Crippen LogP contribution >= 0.6 is 0 Å². The predicted octanol–water partition coefficient (Wildman–Crippen LogP) is 3.77. The molecule has 27 heavy (non-hydrogen) atoms. The van der Waals surface area contributed by atoms with Gasteiger partial charge in [0, 0.05) is 25.1 Å². The number of piperidine rings is 1. The average molecular weight is 369 g/mol. The van der Waals surface area contributed by atoms with Crippen LogP contribution in [0.5, 0.6) is 5.75 Å². The van der Waals surface area contributed by atoms with Crippen LogP contribution in [0, 0.1) is 23.0 Å². The van der Waals surface area contributed by atoms with Gasteiger partial charge in [0.2, 0.25) is 5.91 Å². The van der Waals surface area contributed by atoms with Crippen molar-refractivity contribution < 1.29 is 14.5 Å². The fourth-order valence-electron chi connectivity index (χ4n) is 3.42. The second-order valence-corrected chi connectivity index (χ2v) is 6.70. The Hall–Kier alpha value is -3.09. The Balaban J connectivity index is 1.65. The zero-order valence-corrected chi connectivity index (χ0v) is 15.5. The Labute approximate surface area is 158 Å². The number of methoxy groups -OCH3 is 1. The normalized spacial score (nSPS) is 14.7. The number of rotatable bonds is 5. The molecule has 0 radical (unpaired) electrons. The summed E-state index contributed by atoms with van der Waals surface area (Å²) in [4.78, 5) is 25.5. The molecule has 1 N–H and O–H groups in total. The minimum Gasteiger partial charge on any atom is -0.495 e. The molecule has 0 atom stereocenters. The summed E-state index contributed by atoms with van der Waals surface area (Å²) in [5.74, 6) is 0.460. The third kappa shape index (κ3) is 4.19. The van der Waals surface area contributed by atoms with E-state index in [0.717, 1.165) is 5.56 Å². The molecule has 1 amide bonds. The highest BCUT2D eigenvalue weighted by Crippen LogP contribution is 2.32. The molecule has 1 aliphatic rings. The molecule has 0 aromatic heterocycles. The molecule has 3 rings (SSSR count). The first-order valence-electron chi connectivity index (χ1n) is 8.93. The molecule has 2 aromatic carbocycles. The number of hydrogen-bond donors (Lipinski definition) is 1. The lowest BCUT2D eigenvalue weighted by Gasteiger charge is -2.32. The number of ether oxygens (including phenoxy) is 1.